The highest BCUT2D eigenvalue weighted by molar-refractivity contribution is 6.30. The lowest BCUT2D eigenvalue weighted by Gasteiger charge is -2.26. The molecule has 2 unspecified atom stereocenters. The first kappa shape index (κ1) is 14.9. The Kier molecular flexibility index (Phi) is 4.81. The van der Waals surface area contributed by atoms with Crippen molar-refractivity contribution >= 4 is 17.5 Å². The summed E-state index contributed by atoms with van der Waals surface area (Å²) in [4.78, 5) is 14.6. The van der Waals surface area contributed by atoms with Gasteiger partial charge in [0.1, 0.15) is 0 Å². The minimum Gasteiger partial charge on any atom is -0.336 e. The van der Waals surface area contributed by atoms with Crippen molar-refractivity contribution in [3.8, 4) is 0 Å². The van der Waals surface area contributed by atoms with Crippen LogP contribution in [0.4, 0.5) is 0 Å². The zero-order chi connectivity index (χ0) is 14.7. The van der Waals surface area contributed by atoms with E-state index in [1.165, 1.54) is 18.4 Å². The van der Waals surface area contributed by atoms with E-state index in [-0.39, 0.29) is 6.04 Å². The van der Waals surface area contributed by atoms with Gasteiger partial charge >= 0.3 is 0 Å². The van der Waals surface area contributed by atoms with Crippen LogP contribution in [0.5, 0.6) is 0 Å². The van der Waals surface area contributed by atoms with Gasteiger partial charge in [-0.1, -0.05) is 23.7 Å². The smallest absolute Gasteiger partial charge is 0.223 e. The molecule has 3 nitrogen and oxygen atoms in total. The normalized spacial score (nSPS) is 25.5. The maximum atomic E-state index is 12.5. The van der Waals surface area contributed by atoms with Gasteiger partial charge in [-0.3, -0.25) is 4.79 Å². The van der Waals surface area contributed by atoms with Crippen LogP contribution in [-0.4, -0.2) is 29.9 Å². The van der Waals surface area contributed by atoms with E-state index in [0.717, 1.165) is 37.4 Å². The summed E-state index contributed by atoms with van der Waals surface area (Å²) in [5.41, 5.74) is 1.17. The molecule has 4 heteroatoms. The number of amides is 1. The fraction of sp³-hybridized carbons (Fsp3) is 0.588. The summed E-state index contributed by atoms with van der Waals surface area (Å²) in [5, 5.41) is 4.22. The first-order valence-electron chi connectivity index (χ1n) is 8.02. The molecule has 2 aliphatic heterocycles. The van der Waals surface area contributed by atoms with Crippen LogP contribution in [0.25, 0.3) is 0 Å². The van der Waals surface area contributed by atoms with Gasteiger partial charge in [-0.15, -0.1) is 0 Å². The highest BCUT2D eigenvalue weighted by Gasteiger charge is 2.30. The van der Waals surface area contributed by atoms with Crippen molar-refractivity contribution in [2.24, 2.45) is 0 Å². The van der Waals surface area contributed by atoms with Crippen LogP contribution in [0.3, 0.4) is 0 Å². The molecule has 1 aromatic rings. The highest BCUT2D eigenvalue weighted by Crippen LogP contribution is 2.33. The monoisotopic (exact) mass is 306 g/mol. The van der Waals surface area contributed by atoms with E-state index in [1.807, 2.05) is 18.2 Å². The Bertz CT molecular complexity index is 499. The average Bonchev–Trinajstić information content (AvgIpc) is 3.16. The topological polar surface area (TPSA) is 32.3 Å². The lowest BCUT2D eigenvalue weighted by molar-refractivity contribution is -0.132. The molecular formula is C17H23ClN2O. The largest absolute Gasteiger partial charge is 0.336 e. The van der Waals surface area contributed by atoms with Gasteiger partial charge in [0.05, 0.1) is 6.04 Å². The van der Waals surface area contributed by atoms with Crippen LogP contribution in [0, 0.1) is 0 Å². The Morgan fingerprint density at radius 3 is 3.00 bits per heavy atom. The van der Waals surface area contributed by atoms with E-state index >= 15 is 0 Å². The van der Waals surface area contributed by atoms with Crippen LogP contribution in [-0.2, 0) is 4.79 Å². The molecule has 0 bridgehead atoms. The van der Waals surface area contributed by atoms with Crippen LogP contribution >= 0.6 is 11.6 Å². The van der Waals surface area contributed by atoms with Gasteiger partial charge in [0.25, 0.3) is 0 Å². The number of benzene rings is 1. The SMILES string of the molecule is O=C(CCC1CCCN1)N1CCCC1c1cccc(Cl)c1. The molecule has 0 spiro atoms. The van der Waals surface area contributed by atoms with Gasteiger partial charge < -0.3 is 10.2 Å². The number of carbonyl (C=O) groups excluding carboxylic acids is 1. The summed E-state index contributed by atoms with van der Waals surface area (Å²) in [6, 6.07) is 8.70. The highest BCUT2D eigenvalue weighted by atomic mass is 35.5. The molecular weight excluding hydrogens is 284 g/mol. The molecule has 2 fully saturated rings. The molecule has 2 heterocycles. The number of hydrogen-bond donors (Lipinski definition) is 1. The molecule has 114 valence electrons. The van der Waals surface area contributed by atoms with Crippen LogP contribution < -0.4 is 5.32 Å². The molecule has 0 aliphatic carbocycles. The summed E-state index contributed by atoms with van der Waals surface area (Å²) in [5.74, 6) is 0.297. The van der Waals surface area contributed by atoms with Crippen molar-refractivity contribution in [2.75, 3.05) is 13.1 Å². The maximum Gasteiger partial charge on any atom is 0.223 e. The van der Waals surface area contributed by atoms with Crippen molar-refractivity contribution in [1.29, 1.82) is 0 Å². The summed E-state index contributed by atoms with van der Waals surface area (Å²) >= 11 is 6.09. The van der Waals surface area contributed by atoms with Crippen molar-refractivity contribution in [3.63, 3.8) is 0 Å². The molecule has 1 aromatic carbocycles. The van der Waals surface area contributed by atoms with Crippen LogP contribution in [0.1, 0.15) is 50.1 Å². The average molecular weight is 307 g/mol. The first-order chi connectivity index (χ1) is 10.2. The molecule has 0 aromatic heterocycles. The Balaban J connectivity index is 1.61. The van der Waals surface area contributed by atoms with Gasteiger partial charge in [-0.05, 0) is 56.3 Å². The van der Waals surface area contributed by atoms with E-state index in [0.29, 0.717) is 18.4 Å². The Morgan fingerprint density at radius 1 is 1.33 bits per heavy atom. The van der Waals surface area contributed by atoms with E-state index in [1.54, 1.807) is 0 Å². The minimum atomic E-state index is 0.215. The third-order valence-electron chi connectivity index (χ3n) is 4.68. The lowest BCUT2D eigenvalue weighted by Crippen LogP contribution is -2.32. The number of halogens is 1. The third kappa shape index (κ3) is 3.58. The lowest BCUT2D eigenvalue weighted by atomic mass is 10.0. The number of nitrogens with one attached hydrogen (secondary N) is 1. The fourth-order valence-corrected chi connectivity index (χ4v) is 3.77. The van der Waals surface area contributed by atoms with Gasteiger partial charge in [0.2, 0.25) is 5.91 Å². The summed E-state index contributed by atoms with van der Waals surface area (Å²) < 4.78 is 0. The van der Waals surface area contributed by atoms with Crippen molar-refractivity contribution in [1.82, 2.24) is 10.2 Å². The summed E-state index contributed by atoms with van der Waals surface area (Å²) in [7, 11) is 0. The number of carbonyl (C=O) groups is 1. The zero-order valence-electron chi connectivity index (χ0n) is 12.4. The molecule has 1 N–H and O–H groups in total. The van der Waals surface area contributed by atoms with E-state index in [2.05, 4.69) is 16.3 Å². The molecule has 2 atom stereocenters. The number of nitrogens with zero attached hydrogens (tertiary/aromatic N) is 1. The van der Waals surface area contributed by atoms with Crippen molar-refractivity contribution < 1.29 is 4.79 Å². The Hall–Kier alpha value is -1.06. The maximum absolute atomic E-state index is 12.5. The van der Waals surface area contributed by atoms with Gasteiger partial charge in [0.15, 0.2) is 0 Å². The molecule has 2 saturated heterocycles. The fourth-order valence-electron chi connectivity index (χ4n) is 3.57. The van der Waals surface area contributed by atoms with Gasteiger partial charge in [-0.25, -0.2) is 0 Å². The summed E-state index contributed by atoms with van der Waals surface area (Å²) in [6.07, 6.45) is 6.23. The standard InChI is InChI=1S/C17H23ClN2O/c18-14-5-1-4-13(12-14)16-7-3-11-20(16)17(21)9-8-15-6-2-10-19-15/h1,4-5,12,15-16,19H,2-3,6-11H2. The van der Waals surface area contributed by atoms with E-state index in [4.69, 9.17) is 11.6 Å². The van der Waals surface area contributed by atoms with Crippen LogP contribution in [0.2, 0.25) is 5.02 Å². The molecule has 0 saturated carbocycles. The number of likely N-dealkylation sites (tertiary alicyclic amines) is 1. The number of hydrogen-bond acceptors (Lipinski definition) is 2. The molecule has 2 aliphatic rings. The first-order valence-corrected chi connectivity index (χ1v) is 8.40. The van der Waals surface area contributed by atoms with Crippen molar-refractivity contribution in [3.05, 3.63) is 34.9 Å². The van der Waals surface area contributed by atoms with Crippen molar-refractivity contribution in [2.45, 2.75) is 50.6 Å². The second-order valence-electron chi connectivity index (χ2n) is 6.13. The summed E-state index contributed by atoms with van der Waals surface area (Å²) in [6.45, 7) is 1.99. The quantitative estimate of drug-likeness (QED) is 0.923. The van der Waals surface area contributed by atoms with Crippen LogP contribution in [0.15, 0.2) is 24.3 Å². The minimum absolute atomic E-state index is 0.215. The second-order valence-corrected chi connectivity index (χ2v) is 6.57. The molecule has 3 rings (SSSR count). The predicted octanol–water partition coefficient (Wildman–Crippen LogP) is 3.54. The predicted molar refractivity (Wildman–Crippen MR) is 85.4 cm³/mol. The third-order valence-corrected chi connectivity index (χ3v) is 4.91. The second kappa shape index (κ2) is 6.80. The Labute approximate surface area is 131 Å². The van der Waals surface area contributed by atoms with E-state index in [9.17, 15) is 4.79 Å². The zero-order valence-corrected chi connectivity index (χ0v) is 13.1. The number of rotatable bonds is 4. The van der Waals surface area contributed by atoms with E-state index < -0.39 is 0 Å². The van der Waals surface area contributed by atoms with Gasteiger partial charge in [0, 0.05) is 24.0 Å². The molecule has 21 heavy (non-hydrogen) atoms. The van der Waals surface area contributed by atoms with Gasteiger partial charge in [-0.2, -0.15) is 0 Å². The molecule has 0 radical (unpaired) electrons. The molecule has 1 amide bonds. The Morgan fingerprint density at radius 2 is 2.24 bits per heavy atom.